The second kappa shape index (κ2) is 8.84. The molecule has 9 heteroatoms. The van der Waals surface area contributed by atoms with Gasteiger partial charge in [-0.05, 0) is 43.0 Å². The van der Waals surface area contributed by atoms with Gasteiger partial charge in [0.15, 0.2) is 0 Å². The smallest absolute Gasteiger partial charge is 0.238 e. The second-order valence-corrected chi connectivity index (χ2v) is 7.96. The van der Waals surface area contributed by atoms with E-state index in [-0.39, 0.29) is 34.3 Å². The molecule has 0 atom stereocenters. The SMILES string of the molecule is COc1ccc(S(N)(=O)=O)cc1NC(=O)CC1(CN)CCCCC1.Cl. The molecule has 1 amide bonds. The summed E-state index contributed by atoms with van der Waals surface area (Å²) < 4.78 is 28.2. The summed E-state index contributed by atoms with van der Waals surface area (Å²) in [5, 5.41) is 7.88. The number of primary sulfonamides is 1. The molecule has 1 fully saturated rings. The summed E-state index contributed by atoms with van der Waals surface area (Å²) in [6.07, 6.45) is 5.51. The van der Waals surface area contributed by atoms with E-state index in [1.807, 2.05) is 0 Å². The molecule has 7 nitrogen and oxygen atoms in total. The Morgan fingerprint density at radius 1 is 1.28 bits per heavy atom. The zero-order valence-electron chi connectivity index (χ0n) is 14.3. The van der Waals surface area contributed by atoms with Crippen LogP contribution in [0.4, 0.5) is 5.69 Å². The van der Waals surface area contributed by atoms with Gasteiger partial charge in [-0.3, -0.25) is 4.79 Å². The molecule has 1 aliphatic rings. The van der Waals surface area contributed by atoms with Crippen molar-refractivity contribution in [2.45, 2.75) is 43.4 Å². The van der Waals surface area contributed by atoms with E-state index in [0.29, 0.717) is 18.7 Å². The average Bonchev–Trinajstić information content (AvgIpc) is 2.54. The van der Waals surface area contributed by atoms with Crippen molar-refractivity contribution >= 4 is 34.0 Å². The summed E-state index contributed by atoms with van der Waals surface area (Å²) in [6, 6.07) is 4.11. The Morgan fingerprint density at radius 3 is 2.44 bits per heavy atom. The number of hydrogen-bond acceptors (Lipinski definition) is 5. The molecule has 1 saturated carbocycles. The number of carbonyl (C=O) groups is 1. The van der Waals surface area contributed by atoms with E-state index in [2.05, 4.69) is 5.32 Å². The fourth-order valence-electron chi connectivity index (χ4n) is 3.25. The van der Waals surface area contributed by atoms with Crippen molar-refractivity contribution < 1.29 is 17.9 Å². The van der Waals surface area contributed by atoms with E-state index in [1.165, 1.54) is 31.7 Å². The third-order valence-corrected chi connectivity index (χ3v) is 5.57. The number of amides is 1. The van der Waals surface area contributed by atoms with Crippen molar-refractivity contribution in [2.24, 2.45) is 16.3 Å². The molecular weight excluding hydrogens is 366 g/mol. The van der Waals surface area contributed by atoms with Crippen LogP contribution in [0.25, 0.3) is 0 Å². The van der Waals surface area contributed by atoms with Crippen molar-refractivity contribution in [3.8, 4) is 5.75 Å². The molecule has 2 rings (SSSR count). The van der Waals surface area contributed by atoms with Crippen molar-refractivity contribution in [1.82, 2.24) is 0 Å². The first kappa shape index (κ1) is 21.7. The largest absolute Gasteiger partial charge is 0.495 e. The third-order valence-electron chi connectivity index (χ3n) is 4.66. The predicted molar refractivity (Wildman–Crippen MR) is 99.4 cm³/mol. The number of rotatable bonds is 6. The Labute approximate surface area is 154 Å². The van der Waals surface area contributed by atoms with Crippen LogP contribution < -0.4 is 20.9 Å². The van der Waals surface area contributed by atoms with Gasteiger partial charge >= 0.3 is 0 Å². The number of halogens is 1. The van der Waals surface area contributed by atoms with Crippen LogP contribution in [-0.4, -0.2) is 28.0 Å². The van der Waals surface area contributed by atoms with Gasteiger partial charge in [0.05, 0.1) is 17.7 Å². The molecule has 0 spiro atoms. The number of sulfonamides is 1. The van der Waals surface area contributed by atoms with Crippen molar-refractivity contribution in [2.75, 3.05) is 19.0 Å². The standard InChI is InChI=1S/C16H25N3O4S.ClH/c1-23-14-6-5-12(24(18,21)22)9-13(14)19-15(20)10-16(11-17)7-3-2-4-8-16;/h5-6,9H,2-4,7-8,10-11,17H2,1H3,(H,19,20)(H2,18,21,22);1H. The monoisotopic (exact) mass is 391 g/mol. The Hall–Kier alpha value is -1.35. The normalized spacial score (nSPS) is 16.6. The van der Waals surface area contributed by atoms with Gasteiger partial charge in [-0.25, -0.2) is 13.6 Å². The molecule has 0 saturated heterocycles. The molecule has 25 heavy (non-hydrogen) atoms. The van der Waals surface area contributed by atoms with Gasteiger partial charge in [0, 0.05) is 6.42 Å². The molecule has 0 radical (unpaired) electrons. The third kappa shape index (κ3) is 5.57. The number of ether oxygens (including phenoxy) is 1. The first-order valence-corrected chi connectivity index (χ1v) is 9.55. The number of carbonyl (C=O) groups excluding carboxylic acids is 1. The first-order chi connectivity index (χ1) is 11.3. The summed E-state index contributed by atoms with van der Waals surface area (Å²) in [6.45, 7) is 0.467. The fraction of sp³-hybridized carbons (Fsp3) is 0.562. The van der Waals surface area contributed by atoms with Gasteiger partial charge in [-0.1, -0.05) is 19.3 Å². The van der Waals surface area contributed by atoms with Crippen molar-refractivity contribution in [1.29, 1.82) is 0 Å². The predicted octanol–water partition coefficient (Wildman–Crippen LogP) is 2.00. The lowest BCUT2D eigenvalue weighted by Gasteiger charge is -2.35. The molecule has 142 valence electrons. The highest BCUT2D eigenvalue weighted by Crippen LogP contribution is 2.39. The molecule has 0 aliphatic heterocycles. The number of anilines is 1. The van der Waals surface area contributed by atoms with E-state index < -0.39 is 10.0 Å². The molecule has 0 bridgehead atoms. The van der Waals surface area contributed by atoms with Gasteiger partial charge in [0.1, 0.15) is 5.75 Å². The minimum absolute atomic E-state index is 0. The minimum atomic E-state index is -3.86. The van der Waals surface area contributed by atoms with Crippen LogP contribution in [-0.2, 0) is 14.8 Å². The van der Waals surface area contributed by atoms with Crippen LogP contribution in [0.15, 0.2) is 23.1 Å². The Bertz CT molecular complexity index is 703. The topological polar surface area (TPSA) is 125 Å². The Kier molecular flexibility index (Phi) is 7.67. The summed E-state index contributed by atoms with van der Waals surface area (Å²) in [4.78, 5) is 12.4. The molecule has 0 aromatic heterocycles. The maximum Gasteiger partial charge on any atom is 0.238 e. The van der Waals surface area contributed by atoms with E-state index in [0.717, 1.165) is 25.7 Å². The molecule has 1 aromatic carbocycles. The molecule has 0 unspecified atom stereocenters. The summed E-state index contributed by atoms with van der Waals surface area (Å²) in [7, 11) is -2.41. The maximum atomic E-state index is 12.5. The van der Waals surface area contributed by atoms with Gasteiger partial charge in [0.25, 0.3) is 0 Å². The van der Waals surface area contributed by atoms with E-state index >= 15 is 0 Å². The maximum absolute atomic E-state index is 12.5. The van der Waals surface area contributed by atoms with E-state index in [4.69, 9.17) is 15.6 Å². The molecule has 1 aliphatic carbocycles. The zero-order chi connectivity index (χ0) is 17.8. The quantitative estimate of drug-likeness (QED) is 0.683. The molecule has 1 aromatic rings. The van der Waals surface area contributed by atoms with E-state index in [1.54, 1.807) is 0 Å². The summed E-state index contributed by atoms with van der Waals surface area (Å²) in [5.74, 6) is 0.174. The number of benzene rings is 1. The van der Waals surface area contributed by atoms with Crippen LogP contribution in [0.5, 0.6) is 5.75 Å². The van der Waals surface area contributed by atoms with Crippen LogP contribution in [0.1, 0.15) is 38.5 Å². The van der Waals surface area contributed by atoms with Crippen LogP contribution in [0.3, 0.4) is 0 Å². The minimum Gasteiger partial charge on any atom is -0.495 e. The van der Waals surface area contributed by atoms with Crippen LogP contribution in [0, 0.1) is 5.41 Å². The number of nitrogens with one attached hydrogen (secondary N) is 1. The number of methoxy groups -OCH3 is 1. The zero-order valence-corrected chi connectivity index (χ0v) is 15.9. The first-order valence-electron chi connectivity index (χ1n) is 8.00. The Balaban J connectivity index is 0.00000312. The highest BCUT2D eigenvalue weighted by atomic mass is 35.5. The highest BCUT2D eigenvalue weighted by Gasteiger charge is 2.33. The average molecular weight is 392 g/mol. The second-order valence-electron chi connectivity index (χ2n) is 6.40. The van der Waals surface area contributed by atoms with Crippen LogP contribution in [0.2, 0.25) is 0 Å². The Morgan fingerprint density at radius 2 is 1.92 bits per heavy atom. The highest BCUT2D eigenvalue weighted by molar-refractivity contribution is 7.89. The van der Waals surface area contributed by atoms with E-state index in [9.17, 15) is 13.2 Å². The molecule has 0 heterocycles. The lowest BCUT2D eigenvalue weighted by molar-refractivity contribution is -0.118. The van der Waals surface area contributed by atoms with Crippen molar-refractivity contribution in [3.63, 3.8) is 0 Å². The van der Waals surface area contributed by atoms with Crippen molar-refractivity contribution in [3.05, 3.63) is 18.2 Å². The number of hydrogen-bond donors (Lipinski definition) is 3. The summed E-state index contributed by atoms with van der Waals surface area (Å²) >= 11 is 0. The van der Waals surface area contributed by atoms with Crippen LogP contribution >= 0.6 is 12.4 Å². The van der Waals surface area contributed by atoms with Gasteiger partial charge in [0.2, 0.25) is 15.9 Å². The molecular formula is C16H26ClN3O4S. The molecule has 5 N–H and O–H groups in total. The number of nitrogens with two attached hydrogens (primary N) is 2. The summed E-state index contributed by atoms with van der Waals surface area (Å²) in [5.41, 5.74) is 6.03. The van der Waals surface area contributed by atoms with Gasteiger partial charge in [-0.2, -0.15) is 0 Å². The lowest BCUT2D eigenvalue weighted by Crippen LogP contribution is -2.36. The van der Waals surface area contributed by atoms with Gasteiger partial charge < -0.3 is 15.8 Å². The fourth-order valence-corrected chi connectivity index (χ4v) is 3.79. The lowest BCUT2D eigenvalue weighted by atomic mass is 9.71. The van der Waals surface area contributed by atoms with Gasteiger partial charge in [-0.15, -0.1) is 12.4 Å².